The largest absolute Gasteiger partial charge is 0.375 e. The van der Waals surface area contributed by atoms with Gasteiger partial charge in [0.05, 0.1) is 5.69 Å². The summed E-state index contributed by atoms with van der Waals surface area (Å²) in [6.07, 6.45) is 13.1. The molecule has 0 saturated heterocycles. The van der Waals surface area contributed by atoms with Crippen LogP contribution in [0.3, 0.4) is 0 Å². The molecule has 0 aliphatic rings. The van der Waals surface area contributed by atoms with Crippen LogP contribution in [0.2, 0.25) is 0 Å². The van der Waals surface area contributed by atoms with Gasteiger partial charge in [-0.1, -0.05) is 86.9 Å². The summed E-state index contributed by atoms with van der Waals surface area (Å²) in [7, 11) is 0. The van der Waals surface area contributed by atoms with E-state index in [0.717, 1.165) is 28.7 Å². The van der Waals surface area contributed by atoms with E-state index in [4.69, 9.17) is 5.73 Å². The highest BCUT2D eigenvalue weighted by Gasteiger charge is 2.14. The smallest absolute Gasteiger partial charge is 0.180 e. The maximum atomic E-state index is 6.08. The predicted molar refractivity (Wildman–Crippen MR) is 133 cm³/mol. The maximum absolute atomic E-state index is 6.08. The van der Waals surface area contributed by atoms with Crippen molar-refractivity contribution in [1.29, 1.82) is 0 Å². The summed E-state index contributed by atoms with van der Waals surface area (Å²) < 4.78 is 1.09. The number of hydrogen-bond acceptors (Lipinski definition) is 4. The van der Waals surface area contributed by atoms with E-state index < -0.39 is 0 Å². The highest BCUT2D eigenvalue weighted by atomic mass is 79.9. The molecule has 2 N–H and O–H groups in total. The number of nitrogens with zero attached hydrogens (tertiary/aromatic N) is 2. The number of nitrogen functional groups attached to an aromatic ring is 1. The zero-order valence-electron chi connectivity index (χ0n) is 18.3. The molecule has 1 heterocycles. The molecule has 0 bridgehead atoms. The average molecular weight is 481 g/mol. The Morgan fingerprint density at radius 2 is 1.45 bits per heavy atom. The van der Waals surface area contributed by atoms with Gasteiger partial charge in [-0.2, -0.15) is 0 Å². The maximum Gasteiger partial charge on any atom is 0.180 e. The lowest BCUT2D eigenvalue weighted by atomic mass is 10.1. The molecule has 0 radical (unpaired) electrons. The number of halogens is 1. The van der Waals surface area contributed by atoms with E-state index >= 15 is 0 Å². The number of nitrogens with two attached hydrogens (primary N) is 1. The van der Waals surface area contributed by atoms with Gasteiger partial charge in [0.15, 0.2) is 5.13 Å². The molecule has 0 saturated carbocycles. The molecular formula is C24H38BrN3S. The van der Waals surface area contributed by atoms with Crippen LogP contribution in [0.5, 0.6) is 0 Å². The number of hydrogen-bond donors (Lipinski definition) is 1. The Balaban J connectivity index is 1.94. The Bertz CT molecular complexity index is 684. The van der Waals surface area contributed by atoms with Gasteiger partial charge in [-0.05, 0) is 44.5 Å². The minimum Gasteiger partial charge on any atom is -0.375 e. The first-order valence-electron chi connectivity index (χ1n) is 11.4. The second-order valence-corrected chi connectivity index (χ2v) is 9.93. The third kappa shape index (κ3) is 9.18. The molecule has 162 valence electrons. The summed E-state index contributed by atoms with van der Waals surface area (Å²) in [5.74, 6) is 0. The number of aromatic nitrogens is 1. The topological polar surface area (TPSA) is 42.1 Å². The van der Waals surface area contributed by atoms with Crippen LogP contribution in [0.25, 0.3) is 11.3 Å². The lowest BCUT2D eigenvalue weighted by Gasteiger charge is -2.22. The highest BCUT2D eigenvalue weighted by molar-refractivity contribution is 9.10. The summed E-state index contributed by atoms with van der Waals surface area (Å²) in [6, 6.07) is 8.40. The van der Waals surface area contributed by atoms with Gasteiger partial charge in [0.25, 0.3) is 0 Å². The fraction of sp³-hybridized carbons (Fsp3) is 0.625. The third-order valence-electron chi connectivity index (χ3n) is 5.39. The number of anilines is 1. The molecule has 5 heteroatoms. The zero-order chi connectivity index (χ0) is 20.9. The second-order valence-electron chi connectivity index (χ2n) is 7.90. The van der Waals surface area contributed by atoms with Crippen molar-refractivity contribution < 1.29 is 0 Å². The molecule has 1 aromatic heterocycles. The standard InChI is InChI=1S/C24H38BrN3S/c1-3-5-7-9-11-18-28(17-10-8-6-4-2)19-16-22-23(27-24(26)29-22)20-12-14-21(25)15-13-20/h12-15H,3-11,16-19H2,1-2H3,(H2,26,27). The molecule has 0 aliphatic carbocycles. The van der Waals surface area contributed by atoms with Crippen molar-refractivity contribution in [1.82, 2.24) is 9.88 Å². The van der Waals surface area contributed by atoms with Crippen molar-refractivity contribution in [2.24, 2.45) is 0 Å². The van der Waals surface area contributed by atoms with E-state index in [0.29, 0.717) is 5.13 Å². The minimum atomic E-state index is 0.673. The van der Waals surface area contributed by atoms with E-state index in [-0.39, 0.29) is 0 Å². The van der Waals surface area contributed by atoms with Gasteiger partial charge >= 0.3 is 0 Å². The van der Waals surface area contributed by atoms with Crippen LogP contribution in [0, 0.1) is 0 Å². The van der Waals surface area contributed by atoms with E-state index in [1.54, 1.807) is 11.3 Å². The van der Waals surface area contributed by atoms with Crippen molar-refractivity contribution in [2.75, 3.05) is 25.4 Å². The van der Waals surface area contributed by atoms with Crippen molar-refractivity contribution in [3.05, 3.63) is 33.6 Å². The van der Waals surface area contributed by atoms with E-state index in [9.17, 15) is 0 Å². The fourth-order valence-corrected chi connectivity index (χ4v) is 4.78. The highest BCUT2D eigenvalue weighted by Crippen LogP contribution is 2.31. The van der Waals surface area contributed by atoms with Crippen LogP contribution >= 0.6 is 27.3 Å². The van der Waals surface area contributed by atoms with Gasteiger partial charge in [0, 0.05) is 21.5 Å². The van der Waals surface area contributed by atoms with Gasteiger partial charge in [-0.15, -0.1) is 11.3 Å². The molecule has 0 atom stereocenters. The Hall–Kier alpha value is -0.910. The lowest BCUT2D eigenvalue weighted by Crippen LogP contribution is -2.28. The molecule has 1 aromatic carbocycles. The summed E-state index contributed by atoms with van der Waals surface area (Å²) in [5.41, 5.74) is 8.30. The number of rotatable bonds is 15. The lowest BCUT2D eigenvalue weighted by molar-refractivity contribution is 0.264. The zero-order valence-corrected chi connectivity index (χ0v) is 20.7. The molecule has 2 rings (SSSR count). The molecule has 0 amide bonds. The van der Waals surface area contributed by atoms with Crippen LogP contribution in [0.15, 0.2) is 28.7 Å². The van der Waals surface area contributed by atoms with Crippen LogP contribution in [0.1, 0.15) is 76.5 Å². The summed E-state index contributed by atoms with van der Waals surface area (Å²) >= 11 is 5.17. The molecule has 3 nitrogen and oxygen atoms in total. The van der Waals surface area contributed by atoms with Gasteiger partial charge < -0.3 is 10.6 Å². The molecule has 0 spiro atoms. The third-order valence-corrected chi connectivity index (χ3v) is 6.87. The number of thiazole rings is 1. The Morgan fingerprint density at radius 1 is 0.862 bits per heavy atom. The summed E-state index contributed by atoms with van der Waals surface area (Å²) in [6.45, 7) is 8.10. The van der Waals surface area contributed by atoms with Crippen molar-refractivity contribution in [3.8, 4) is 11.3 Å². The normalized spacial score (nSPS) is 11.4. The first-order chi connectivity index (χ1) is 14.1. The predicted octanol–water partition coefficient (Wildman–Crippen LogP) is 7.55. The van der Waals surface area contributed by atoms with Crippen LogP contribution < -0.4 is 5.73 Å². The van der Waals surface area contributed by atoms with E-state index in [1.807, 2.05) is 0 Å². The SMILES string of the molecule is CCCCCCCN(CCCCCC)CCc1sc(N)nc1-c1ccc(Br)cc1. The fourth-order valence-electron chi connectivity index (χ4n) is 3.67. The first kappa shape index (κ1) is 24.4. The van der Waals surface area contributed by atoms with Crippen LogP contribution in [-0.4, -0.2) is 29.5 Å². The number of benzene rings is 1. The molecular weight excluding hydrogens is 442 g/mol. The molecule has 0 fully saturated rings. The van der Waals surface area contributed by atoms with Crippen molar-refractivity contribution in [3.63, 3.8) is 0 Å². The second kappa shape index (κ2) is 14.2. The van der Waals surface area contributed by atoms with Gasteiger partial charge in [0.2, 0.25) is 0 Å². The Labute approximate surface area is 190 Å². The number of unbranched alkanes of at least 4 members (excludes halogenated alkanes) is 7. The first-order valence-corrected chi connectivity index (χ1v) is 13.0. The van der Waals surface area contributed by atoms with E-state index in [2.05, 4.69) is 63.9 Å². The Morgan fingerprint density at radius 3 is 2.07 bits per heavy atom. The van der Waals surface area contributed by atoms with Gasteiger partial charge in [0.1, 0.15) is 0 Å². The monoisotopic (exact) mass is 479 g/mol. The van der Waals surface area contributed by atoms with Gasteiger partial charge in [-0.25, -0.2) is 4.98 Å². The van der Waals surface area contributed by atoms with Crippen LogP contribution in [-0.2, 0) is 6.42 Å². The van der Waals surface area contributed by atoms with Crippen LogP contribution in [0.4, 0.5) is 5.13 Å². The van der Waals surface area contributed by atoms with Crippen molar-refractivity contribution in [2.45, 2.75) is 78.1 Å². The molecule has 29 heavy (non-hydrogen) atoms. The van der Waals surface area contributed by atoms with Crippen molar-refractivity contribution >= 4 is 32.4 Å². The molecule has 0 aliphatic heterocycles. The summed E-state index contributed by atoms with van der Waals surface area (Å²) in [4.78, 5) is 8.62. The minimum absolute atomic E-state index is 0.673. The molecule has 0 unspecified atom stereocenters. The Kier molecular flexibility index (Phi) is 11.9. The quantitative estimate of drug-likeness (QED) is 0.268. The average Bonchev–Trinajstić information content (AvgIpc) is 3.09. The van der Waals surface area contributed by atoms with E-state index in [1.165, 1.54) is 75.8 Å². The molecule has 2 aromatic rings. The van der Waals surface area contributed by atoms with Gasteiger partial charge in [-0.3, -0.25) is 0 Å². The summed E-state index contributed by atoms with van der Waals surface area (Å²) in [5, 5.41) is 0.673.